The average molecular weight is 455 g/mol. The number of rotatable bonds is 6. The van der Waals surface area contributed by atoms with Crippen molar-refractivity contribution in [1.29, 1.82) is 0 Å². The lowest BCUT2D eigenvalue weighted by Crippen LogP contribution is -2.44. The van der Waals surface area contributed by atoms with Gasteiger partial charge in [0.1, 0.15) is 5.78 Å². The summed E-state index contributed by atoms with van der Waals surface area (Å²) in [5, 5.41) is 3.41. The molecule has 1 N–H and O–H groups in total. The van der Waals surface area contributed by atoms with E-state index in [2.05, 4.69) is 42.3 Å². The van der Waals surface area contributed by atoms with Gasteiger partial charge in [-0.2, -0.15) is 0 Å². The van der Waals surface area contributed by atoms with Crippen LogP contribution >= 0.6 is 11.8 Å². The SMILES string of the molecule is CCc1ncc(CCCN(C)C)cc1NC1=NCC23CC(=O)CCN(Cl)C2=CC=CC3=N1. The van der Waals surface area contributed by atoms with Gasteiger partial charge in [0, 0.05) is 43.1 Å². The van der Waals surface area contributed by atoms with E-state index in [-0.39, 0.29) is 5.78 Å². The lowest BCUT2D eigenvalue weighted by Gasteiger charge is -2.39. The lowest BCUT2D eigenvalue weighted by molar-refractivity contribution is -0.119. The molecule has 2 aliphatic heterocycles. The van der Waals surface area contributed by atoms with E-state index in [1.54, 1.807) is 4.42 Å². The van der Waals surface area contributed by atoms with Crippen LogP contribution in [0.3, 0.4) is 0 Å². The van der Waals surface area contributed by atoms with Gasteiger partial charge in [-0.05, 0) is 63.7 Å². The number of hydrogen-bond donors (Lipinski definition) is 1. The number of pyridine rings is 1. The van der Waals surface area contributed by atoms with Gasteiger partial charge < -0.3 is 10.2 Å². The number of anilines is 1. The summed E-state index contributed by atoms with van der Waals surface area (Å²) in [6.45, 7) is 4.09. The molecule has 170 valence electrons. The highest BCUT2D eigenvalue weighted by molar-refractivity contribution is 6.18. The second-order valence-corrected chi connectivity index (χ2v) is 9.31. The Morgan fingerprint density at radius 1 is 1.34 bits per heavy atom. The first-order chi connectivity index (χ1) is 15.4. The van der Waals surface area contributed by atoms with Crippen molar-refractivity contribution in [2.24, 2.45) is 15.4 Å². The molecule has 1 aliphatic carbocycles. The van der Waals surface area contributed by atoms with E-state index >= 15 is 0 Å². The Bertz CT molecular complexity index is 1010. The molecule has 0 amide bonds. The third kappa shape index (κ3) is 4.64. The molecule has 1 unspecified atom stereocenters. The van der Waals surface area contributed by atoms with Crippen molar-refractivity contribution in [2.75, 3.05) is 39.0 Å². The van der Waals surface area contributed by atoms with E-state index < -0.39 is 5.41 Å². The molecule has 7 nitrogen and oxygen atoms in total. The Morgan fingerprint density at radius 2 is 2.19 bits per heavy atom. The maximum absolute atomic E-state index is 12.5. The second-order valence-electron chi connectivity index (χ2n) is 8.90. The number of halogens is 1. The summed E-state index contributed by atoms with van der Waals surface area (Å²) in [5.74, 6) is 0.743. The van der Waals surface area contributed by atoms with E-state index in [1.807, 2.05) is 24.4 Å². The number of carbonyl (C=O) groups is 1. The third-order valence-electron chi connectivity index (χ3n) is 6.24. The van der Waals surface area contributed by atoms with Crippen LogP contribution < -0.4 is 5.32 Å². The molecular weight excluding hydrogens is 424 g/mol. The number of guanidine groups is 1. The molecule has 1 aromatic heterocycles. The number of carbonyl (C=O) groups excluding carboxylic acids is 1. The maximum Gasteiger partial charge on any atom is 0.222 e. The predicted molar refractivity (Wildman–Crippen MR) is 130 cm³/mol. The molecule has 3 heterocycles. The van der Waals surface area contributed by atoms with E-state index in [4.69, 9.17) is 21.8 Å². The van der Waals surface area contributed by atoms with Gasteiger partial charge in [0.15, 0.2) is 0 Å². The van der Waals surface area contributed by atoms with Gasteiger partial charge in [-0.25, -0.2) is 9.98 Å². The first-order valence-corrected chi connectivity index (χ1v) is 11.6. The first kappa shape index (κ1) is 22.7. The molecule has 3 aliphatic rings. The topological polar surface area (TPSA) is 73.2 Å². The number of Topliss-reactive ketones (excluding diaryl/α,β-unsaturated/α-hetero) is 1. The van der Waals surface area contributed by atoms with Gasteiger partial charge in [-0.1, -0.05) is 13.0 Å². The largest absolute Gasteiger partial charge is 0.323 e. The summed E-state index contributed by atoms with van der Waals surface area (Å²) in [5.41, 5.74) is 4.30. The molecular formula is C24H31ClN6O. The molecule has 0 saturated carbocycles. The fourth-order valence-corrected chi connectivity index (χ4v) is 4.82. The van der Waals surface area contributed by atoms with Gasteiger partial charge >= 0.3 is 0 Å². The van der Waals surface area contributed by atoms with Crippen molar-refractivity contribution in [3.63, 3.8) is 0 Å². The molecule has 1 saturated heterocycles. The smallest absolute Gasteiger partial charge is 0.222 e. The minimum atomic E-state index is -0.574. The Kier molecular flexibility index (Phi) is 6.76. The van der Waals surface area contributed by atoms with Crippen molar-refractivity contribution in [3.05, 3.63) is 47.4 Å². The van der Waals surface area contributed by atoms with Crippen molar-refractivity contribution in [2.45, 2.75) is 39.0 Å². The highest BCUT2D eigenvalue weighted by atomic mass is 35.5. The van der Waals surface area contributed by atoms with Crippen LogP contribution in [0.1, 0.15) is 37.4 Å². The minimum absolute atomic E-state index is 0.191. The van der Waals surface area contributed by atoms with Crippen LogP contribution in [0.25, 0.3) is 0 Å². The van der Waals surface area contributed by atoms with Crippen LogP contribution in [-0.4, -0.2) is 65.5 Å². The highest BCUT2D eigenvalue weighted by Crippen LogP contribution is 2.43. The fourth-order valence-electron chi connectivity index (χ4n) is 4.51. The second kappa shape index (κ2) is 9.55. The Hall–Kier alpha value is -2.51. The molecule has 1 fully saturated rings. The number of nitrogens with zero attached hydrogens (tertiary/aromatic N) is 5. The highest BCUT2D eigenvalue weighted by Gasteiger charge is 2.47. The zero-order valence-electron chi connectivity index (χ0n) is 19.1. The molecule has 1 atom stereocenters. The third-order valence-corrected chi connectivity index (χ3v) is 6.59. The Labute approximate surface area is 195 Å². The van der Waals surface area contributed by atoms with Crippen LogP contribution in [0.5, 0.6) is 0 Å². The minimum Gasteiger partial charge on any atom is -0.323 e. The first-order valence-electron chi connectivity index (χ1n) is 11.3. The van der Waals surface area contributed by atoms with E-state index in [0.29, 0.717) is 31.9 Å². The summed E-state index contributed by atoms with van der Waals surface area (Å²) in [7, 11) is 4.17. The molecule has 0 bridgehead atoms. The fraction of sp³-hybridized carbons (Fsp3) is 0.500. The summed E-state index contributed by atoms with van der Waals surface area (Å²) < 4.78 is 1.66. The summed E-state index contributed by atoms with van der Waals surface area (Å²) in [6.07, 6.45) is 11.6. The van der Waals surface area contributed by atoms with Crippen molar-refractivity contribution in [3.8, 4) is 0 Å². The maximum atomic E-state index is 12.5. The van der Waals surface area contributed by atoms with Crippen LogP contribution in [0.15, 0.2) is 46.2 Å². The van der Waals surface area contributed by atoms with E-state index in [1.165, 1.54) is 5.56 Å². The number of nitrogens with one attached hydrogen (secondary N) is 1. The normalized spacial score (nSPS) is 22.6. The summed E-state index contributed by atoms with van der Waals surface area (Å²) >= 11 is 6.51. The number of aliphatic imine (C=N–C) groups is 2. The van der Waals surface area contributed by atoms with Crippen LogP contribution in [0.2, 0.25) is 0 Å². The van der Waals surface area contributed by atoms with Gasteiger partial charge in [0.25, 0.3) is 0 Å². The van der Waals surface area contributed by atoms with Crippen molar-refractivity contribution >= 4 is 34.9 Å². The number of aryl methyl sites for hydroxylation is 2. The molecule has 0 aromatic carbocycles. The molecule has 4 rings (SSSR count). The summed E-state index contributed by atoms with van der Waals surface area (Å²) in [6, 6.07) is 2.16. The van der Waals surface area contributed by atoms with Gasteiger partial charge in [-0.15, -0.1) is 0 Å². The Balaban J connectivity index is 1.57. The zero-order valence-corrected chi connectivity index (χ0v) is 19.8. The van der Waals surface area contributed by atoms with Crippen molar-refractivity contribution in [1.82, 2.24) is 14.3 Å². The number of allylic oxidation sites excluding steroid dienone is 3. The molecule has 1 spiro atoms. The van der Waals surface area contributed by atoms with Crippen molar-refractivity contribution < 1.29 is 4.79 Å². The molecule has 0 radical (unpaired) electrons. The van der Waals surface area contributed by atoms with Crippen LogP contribution in [-0.2, 0) is 17.6 Å². The van der Waals surface area contributed by atoms with Gasteiger partial charge in [0.2, 0.25) is 5.96 Å². The Morgan fingerprint density at radius 3 is 2.97 bits per heavy atom. The molecule has 1 aromatic rings. The molecule has 8 heteroatoms. The number of aromatic nitrogens is 1. The van der Waals surface area contributed by atoms with E-state index in [0.717, 1.165) is 48.6 Å². The number of ketones is 1. The zero-order chi connectivity index (χ0) is 22.7. The monoisotopic (exact) mass is 454 g/mol. The number of hydrogen-bond acceptors (Lipinski definition) is 7. The quantitative estimate of drug-likeness (QED) is 0.664. The standard InChI is InChI=1S/C24H31ClN6O/c1-4-19-20(13-17(15-26-19)7-6-11-30(2)3)28-23-27-16-24-14-18(32)10-12-31(25)22(24)9-5-8-21(24)29-23/h5,8-9,13,15H,4,6-7,10-12,14,16H2,1-3H3,(H,27,28). The van der Waals surface area contributed by atoms with Crippen LogP contribution in [0, 0.1) is 5.41 Å². The van der Waals surface area contributed by atoms with Crippen LogP contribution in [0.4, 0.5) is 5.69 Å². The summed E-state index contributed by atoms with van der Waals surface area (Å²) in [4.78, 5) is 28.9. The lowest BCUT2D eigenvalue weighted by atomic mass is 9.72. The molecule has 32 heavy (non-hydrogen) atoms. The van der Waals surface area contributed by atoms with Gasteiger partial charge in [-0.3, -0.25) is 14.2 Å². The van der Waals surface area contributed by atoms with E-state index in [9.17, 15) is 4.79 Å². The average Bonchev–Trinajstić information content (AvgIpc) is 2.89. The predicted octanol–water partition coefficient (Wildman–Crippen LogP) is 3.62. The van der Waals surface area contributed by atoms with Gasteiger partial charge in [0.05, 0.1) is 29.1 Å².